The van der Waals surface area contributed by atoms with E-state index in [-0.39, 0.29) is 5.91 Å². The maximum absolute atomic E-state index is 11.6. The van der Waals surface area contributed by atoms with Crippen LogP contribution in [0.1, 0.15) is 18.5 Å². The Balaban J connectivity index is 1.64. The van der Waals surface area contributed by atoms with E-state index in [4.69, 9.17) is 27.9 Å². The van der Waals surface area contributed by atoms with Gasteiger partial charge in [0.1, 0.15) is 5.75 Å². The molecule has 0 aliphatic carbocycles. The van der Waals surface area contributed by atoms with Crippen LogP contribution in [0.3, 0.4) is 0 Å². The molecule has 22 heavy (non-hydrogen) atoms. The van der Waals surface area contributed by atoms with Crippen molar-refractivity contribution in [2.45, 2.75) is 12.8 Å². The number of benzene rings is 1. The Labute approximate surface area is 138 Å². The number of hydrogen-bond donors (Lipinski definition) is 2. The van der Waals surface area contributed by atoms with Gasteiger partial charge >= 0.3 is 0 Å². The van der Waals surface area contributed by atoms with Gasteiger partial charge in [-0.1, -0.05) is 23.2 Å². The number of nitrogens with zero attached hydrogens (tertiary/aromatic N) is 1. The third-order valence-electron chi connectivity index (χ3n) is 2.71. The number of carbonyl (C=O) groups is 1. The lowest BCUT2D eigenvalue weighted by Crippen LogP contribution is -2.18. The van der Waals surface area contributed by atoms with Gasteiger partial charge in [0.25, 0.3) is 0 Å². The summed E-state index contributed by atoms with van der Waals surface area (Å²) in [4.78, 5) is 14.5. The molecule has 0 fully saturated rings. The average Bonchev–Trinajstić information content (AvgIpc) is 2.99. The van der Waals surface area contributed by atoms with Gasteiger partial charge in [0.2, 0.25) is 5.91 Å². The van der Waals surface area contributed by atoms with E-state index in [1.807, 2.05) is 12.1 Å². The average molecular weight is 340 g/mol. The first kappa shape index (κ1) is 16.4. The molecule has 0 bridgehead atoms. The lowest BCUT2D eigenvalue weighted by atomic mass is 10.3. The molecule has 0 aliphatic heterocycles. The molecular formula is C15H15Cl2N3O2. The first-order chi connectivity index (χ1) is 10.6. The molecule has 2 rings (SSSR count). The lowest BCUT2D eigenvalue weighted by molar-refractivity contribution is -0.121. The molecule has 116 valence electrons. The van der Waals surface area contributed by atoms with E-state index in [9.17, 15) is 4.79 Å². The van der Waals surface area contributed by atoms with Gasteiger partial charge in [-0.15, -0.1) is 0 Å². The predicted molar refractivity (Wildman–Crippen MR) is 87.7 cm³/mol. The summed E-state index contributed by atoms with van der Waals surface area (Å²) in [5.74, 6) is 0.379. The molecule has 1 aromatic carbocycles. The van der Waals surface area contributed by atoms with Crippen molar-refractivity contribution in [2.75, 3.05) is 6.61 Å². The van der Waals surface area contributed by atoms with Crippen molar-refractivity contribution in [3.63, 3.8) is 0 Å². The summed E-state index contributed by atoms with van der Waals surface area (Å²) in [6.45, 7) is 0.384. The van der Waals surface area contributed by atoms with Crippen LogP contribution in [0, 0.1) is 0 Å². The topological polar surface area (TPSA) is 66.5 Å². The summed E-state index contributed by atoms with van der Waals surface area (Å²) in [5.41, 5.74) is 3.27. The molecule has 0 unspecified atom stereocenters. The molecule has 2 N–H and O–H groups in total. The van der Waals surface area contributed by atoms with Crippen molar-refractivity contribution in [3.8, 4) is 5.75 Å². The highest BCUT2D eigenvalue weighted by atomic mass is 35.5. The molecule has 0 radical (unpaired) electrons. The van der Waals surface area contributed by atoms with E-state index >= 15 is 0 Å². The monoisotopic (exact) mass is 339 g/mol. The molecule has 0 saturated heterocycles. The first-order valence-corrected chi connectivity index (χ1v) is 7.44. The van der Waals surface area contributed by atoms with Crippen LogP contribution in [0.4, 0.5) is 0 Å². The van der Waals surface area contributed by atoms with E-state index < -0.39 is 0 Å². The summed E-state index contributed by atoms with van der Waals surface area (Å²) in [5, 5.41) is 4.85. The normalized spacial score (nSPS) is 10.8. The fourth-order valence-electron chi connectivity index (χ4n) is 1.66. The Bertz CT molecular complexity index is 642. The number of hydrazone groups is 1. The second kappa shape index (κ2) is 8.46. The molecule has 5 nitrogen and oxygen atoms in total. The van der Waals surface area contributed by atoms with Gasteiger partial charge < -0.3 is 9.72 Å². The number of carbonyl (C=O) groups excluding carboxylic acids is 1. The molecule has 0 spiro atoms. The molecule has 1 amide bonds. The number of amides is 1. The lowest BCUT2D eigenvalue weighted by Gasteiger charge is -2.07. The summed E-state index contributed by atoms with van der Waals surface area (Å²) in [6.07, 6.45) is 4.19. The van der Waals surface area contributed by atoms with E-state index in [2.05, 4.69) is 15.5 Å². The van der Waals surface area contributed by atoms with Gasteiger partial charge in [-0.3, -0.25) is 4.79 Å². The highest BCUT2D eigenvalue weighted by Crippen LogP contribution is 2.27. The minimum absolute atomic E-state index is 0.173. The molecule has 0 aliphatic rings. The van der Waals surface area contributed by atoms with Crippen molar-refractivity contribution < 1.29 is 9.53 Å². The van der Waals surface area contributed by atoms with Crippen LogP contribution >= 0.6 is 23.2 Å². The van der Waals surface area contributed by atoms with Crippen LogP contribution < -0.4 is 10.2 Å². The van der Waals surface area contributed by atoms with Crippen LogP contribution in [0.15, 0.2) is 41.6 Å². The minimum Gasteiger partial charge on any atom is -0.492 e. The number of nitrogens with one attached hydrogen (secondary N) is 2. The van der Waals surface area contributed by atoms with Crippen LogP contribution in [-0.4, -0.2) is 23.7 Å². The quantitative estimate of drug-likeness (QED) is 0.459. The molecule has 2 aromatic rings. The van der Waals surface area contributed by atoms with Crippen LogP contribution in [0.5, 0.6) is 5.75 Å². The molecule has 0 saturated carbocycles. The Morgan fingerprint density at radius 3 is 2.95 bits per heavy atom. The summed E-state index contributed by atoms with van der Waals surface area (Å²) in [7, 11) is 0. The van der Waals surface area contributed by atoms with Crippen LogP contribution in [0.2, 0.25) is 10.0 Å². The van der Waals surface area contributed by atoms with Crippen molar-refractivity contribution in [3.05, 3.63) is 52.3 Å². The van der Waals surface area contributed by atoms with Crippen LogP contribution in [0.25, 0.3) is 0 Å². The SMILES string of the molecule is O=C(CCCOc1ccc(Cl)cc1Cl)N/N=C/c1ccc[nH]1. The highest BCUT2D eigenvalue weighted by Gasteiger charge is 2.04. The number of hydrogen-bond acceptors (Lipinski definition) is 3. The molecule has 7 heteroatoms. The number of rotatable bonds is 7. The number of H-pyrrole nitrogens is 1. The highest BCUT2D eigenvalue weighted by molar-refractivity contribution is 6.35. The zero-order chi connectivity index (χ0) is 15.8. The first-order valence-electron chi connectivity index (χ1n) is 6.68. The number of ether oxygens (including phenoxy) is 1. The van der Waals surface area contributed by atoms with E-state index in [0.717, 1.165) is 5.69 Å². The van der Waals surface area contributed by atoms with Gasteiger partial charge in [0.15, 0.2) is 0 Å². The standard InChI is InChI=1S/C15H15Cl2N3O2/c16-11-5-6-14(13(17)9-11)22-8-2-4-15(21)20-19-10-12-3-1-7-18-12/h1,3,5-7,9-10,18H,2,4,8H2,(H,20,21)/b19-10+. The number of aromatic amines is 1. The Morgan fingerprint density at radius 1 is 1.36 bits per heavy atom. The molecular weight excluding hydrogens is 325 g/mol. The Hall–Kier alpha value is -1.98. The zero-order valence-electron chi connectivity index (χ0n) is 11.7. The maximum atomic E-state index is 11.6. The summed E-state index contributed by atoms with van der Waals surface area (Å²) < 4.78 is 5.49. The molecule has 0 atom stereocenters. The molecule has 1 heterocycles. The Morgan fingerprint density at radius 2 is 2.23 bits per heavy atom. The van der Waals surface area contributed by atoms with Crippen molar-refractivity contribution in [2.24, 2.45) is 5.10 Å². The fraction of sp³-hybridized carbons (Fsp3) is 0.200. The number of aromatic nitrogens is 1. The maximum Gasteiger partial charge on any atom is 0.240 e. The zero-order valence-corrected chi connectivity index (χ0v) is 13.2. The second-order valence-electron chi connectivity index (χ2n) is 4.45. The van der Waals surface area contributed by atoms with E-state index in [0.29, 0.717) is 35.2 Å². The van der Waals surface area contributed by atoms with Gasteiger partial charge in [0.05, 0.1) is 23.5 Å². The van der Waals surface area contributed by atoms with Crippen molar-refractivity contribution >= 4 is 35.3 Å². The second-order valence-corrected chi connectivity index (χ2v) is 5.29. The molecule has 1 aromatic heterocycles. The van der Waals surface area contributed by atoms with Crippen LogP contribution in [-0.2, 0) is 4.79 Å². The third kappa shape index (κ3) is 5.42. The smallest absolute Gasteiger partial charge is 0.240 e. The minimum atomic E-state index is -0.173. The van der Waals surface area contributed by atoms with Gasteiger partial charge in [-0.25, -0.2) is 5.43 Å². The van der Waals surface area contributed by atoms with Gasteiger partial charge in [-0.05, 0) is 36.8 Å². The van der Waals surface area contributed by atoms with Gasteiger partial charge in [0, 0.05) is 17.6 Å². The van der Waals surface area contributed by atoms with Crippen molar-refractivity contribution in [1.82, 2.24) is 10.4 Å². The van der Waals surface area contributed by atoms with E-state index in [1.54, 1.807) is 30.6 Å². The summed E-state index contributed by atoms with van der Waals surface area (Å²) >= 11 is 11.8. The predicted octanol–water partition coefficient (Wildman–Crippen LogP) is 3.63. The Kier molecular flexibility index (Phi) is 6.30. The largest absolute Gasteiger partial charge is 0.492 e. The van der Waals surface area contributed by atoms with Crippen molar-refractivity contribution in [1.29, 1.82) is 0 Å². The summed E-state index contributed by atoms with van der Waals surface area (Å²) in [6, 6.07) is 8.71. The van der Waals surface area contributed by atoms with Gasteiger partial charge in [-0.2, -0.15) is 5.10 Å². The number of halogens is 2. The van der Waals surface area contributed by atoms with E-state index in [1.165, 1.54) is 0 Å². The fourth-order valence-corrected chi connectivity index (χ4v) is 2.12. The third-order valence-corrected chi connectivity index (χ3v) is 3.25.